The number of ether oxygens (including phenoxy) is 1. The third kappa shape index (κ3) is 5.04. The molecule has 0 aliphatic rings. The molecule has 0 saturated heterocycles. The molecule has 0 bridgehead atoms. The third-order valence-electron chi connectivity index (χ3n) is 4.51. The number of carbonyl (C=O) groups is 2. The Hall–Kier alpha value is -3.36. The van der Waals surface area contributed by atoms with Crippen molar-refractivity contribution in [3.05, 3.63) is 88.9 Å². The van der Waals surface area contributed by atoms with Crippen molar-refractivity contribution in [1.82, 2.24) is 0 Å². The molecule has 0 aliphatic heterocycles. The standard InChI is InChI=1S/C22H19ClN2O5S/c1-25(31(28,29)20-12-8-17(23)9-13-20)19-10-6-15(7-11-19)21(26)24-18-5-3-4-16(14-18)22(27)30-2/h3-14H,1-2H3,(H,24,26). The van der Waals surface area contributed by atoms with Crippen LogP contribution in [0.2, 0.25) is 5.02 Å². The van der Waals surface area contributed by atoms with E-state index in [0.717, 1.165) is 4.31 Å². The predicted octanol–water partition coefficient (Wildman–Crippen LogP) is 4.20. The van der Waals surface area contributed by atoms with Crippen molar-refractivity contribution in [2.24, 2.45) is 0 Å². The first-order chi connectivity index (χ1) is 14.7. The fourth-order valence-electron chi connectivity index (χ4n) is 2.77. The topological polar surface area (TPSA) is 92.8 Å². The molecule has 0 aromatic heterocycles. The molecule has 3 aromatic rings. The summed E-state index contributed by atoms with van der Waals surface area (Å²) in [5.74, 6) is -0.915. The first-order valence-electron chi connectivity index (χ1n) is 9.06. The van der Waals surface area contributed by atoms with Gasteiger partial charge in [-0.25, -0.2) is 13.2 Å². The molecule has 7 nitrogen and oxygen atoms in total. The molecule has 31 heavy (non-hydrogen) atoms. The number of rotatable bonds is 6. The third-order valence-corrected chi connectivity index (χ3v) is 6.56. The van der Waals surface area contributed by atoms with Crippen molar-refractivity contribution in [3.8, 4) is 0 Å². The van der Waals surface area contributed by atoms with Crippen molar-refractivity contribution < 1.29 is 22.7 Å². The Labute approximate surface area is 185 Å². The van der Waals surface area contributed by atoms with E-state index in [1.807, 2.05) is 0 Å². The Bertz CT molecular complexity index is 1210. The van der Waals surface area contributed by atoms with Crippen molar-refractivity contribution in [2.45, 2.75) is 4.90 Å². The number of halogens is 1. The molecular weight excluding hydrogens is 440 g/mol. The van der Waals surface area contributed by atoms with Gasteiger partial charge in [-0.05, 0) is 66.7 Å². The normalized spacial score (nSPS) is 10.9. The lowest BCUT2D eigenvalue weighted by atomic mass is 10.1. The van der Waals surface area contributed by atoms with Crippen LogP contribution in [-0.4, -0.2) is 34.5 Å². The van der Waals surface area contributed by atoms with Gasteiger partial charge in [0.15, 0.2) is 0 Å². The molecule has 0 atom stereocenters. The largest absolute Gasteiger partial charge is 0.465 e. The summed E-state index contributed by atoms with van der Waals surface area (Å²) in [4.78, 5) is 24.3. The minimum absolute atomic E-state index is 0.103. The molecule has 0 spiro atoms. The van der Waals surface area contributed by atoms with Gasteiger partial charge in [0.05, 0.1) is 23.3 Å². The Kier molecular flexibility index (Phi) is 6.62. The number of esters is 1. The molecular formula is C22H19ClN2O5S. The van der Waals surface area contributed by atoms with Gasteiger partial charge in [0, 0.05) is 23.3 Å². The van der Waals surface area contributed by atoms with E-state index in [9.17, 15) is 18.0 Å². The quantitative estimate of drug-likeness (QED) is 0.559. The van der Waals surface area contributed by atoms with Crippen LogP contribution in [0.25, 0.3) is 0 Å². The molecule has 1 N–H and O–H groups in total. The summed E-state index contributed by atoms with van der Waals surface area (Å²) in [5, 5.41) is 3.14. The number of nitrogens with zero attached hydrogens (tertiary/aromatic N) is 1. The van der Waals surface area contributed by atoms with Crippen LogP contribution in [0.15, 0.2) is 77.7 Å². The molecule has 0 radical (unpaired) electrons. The number of benzene rings is 3. The van der Waals surface area contributed by atoms with Crippen LogP contribution < -0.4 is 9.62 Å². The van der Waals surface area contributed by atoms with Crippen LogP contribution in [0.4, 0.5) is 11.4 Å². The number of sulfonamides is 1. The second-order valence-electron chi connectivity index (χ2n) is 6.50. The van der Waals surface area contributed by atoms with Crippen molar-refractivity contribution >= 4 is 44.9 Å². The van der Waals surface area contributed by atoms with E-state index in [2.05, 4.69) is 10.1 Å². The lowest BCUT2D eigenvalue weighted by Gasteiger charge is -2.20. The number of hydrogen-bond donors (Lipinski definition) is 1. The summed E-state index contributed by atoms with van der Waals surface area (Å²) in [6, 6.07) is 18.3. The van der Waals surface area contributed by atoms with Crippen LogP contribution in [0.3, 0.4) is 0 Å². The molecule has 3 rings (SSSR count). The van der Waals surface area contributed by atoms with Crippen LogP contribution in [0, 0.1) is 0 Å². The highest BCUT2D eigenvalue weighted by Gasteiger charge is 2.21. The maximum Gasteiger partial charge on any atom is 0.337 e. The molecule has 0 aliphatic carbocycles. The Morgan fingerprint density at radius 2 is 1.58 bits per heavy atom. The van der Waals surface area contributed by atoms with E-state index in [1.165, 1.54) is 68.8 Å². The average Bonchev–Trinajstić information content (AvgIpc) is 2.78. The first kappa shape index (κ1) is 22.3. The summed E-state index contributed by atoms with van der Waals surface area (Å²) in [5.41, 5.74) is 1.45. The second-order valence-corrected chi connectivity index (χ2v) is 8.91. The van der Waals surface area contributed by atoms with Gasteiger partial charge >= 0.3 is 5.97 Å². The number of hydrogen-bond acceptors (Lipinski definition) is 5. The summed E-state index contributed by atoms with van der Waals surface area (Å²) in [6.45, 7) is 0. The Balaban J connectivity index is 1.76. The molecule has 0 saturated carbocycles. The number of nitrogens with one attached hydrogen (secondary N) is 1. The number of anilines is 2. The summed E-state index contributed by atoms with van der Waals surface area (Å²) < 4.78 is 31.4. The zero-order chi connectivity index (χ0) is 22.6. The first-order valence-corrected chi connectivity index (χ1v) is 10.9. The zero-order valence-electron chi connectivity index (χ0n) is 16.7. The van der Waals surface area contributed by atoms with E-state index in [1.54, 1.807) is 18.2 Å². The van der Waals surface area contributed by atoms with Gasteiger partial charge in [-0.1, -0.05) is 17.7 Å². The Morgan fingerprint density at radius 1 is 0.935 bits per heavy atom. The molecule has 0 fully saturated rings. The summed E-state index contributed by atoms with van der Waals surface area (Å²) in [6.07, 6.45) is 0. The average molecular weight is 459 g/mol. The molecule has 1 amide bonds. The predicted molar refractivity (Wildman–Crippen MR) is 119 cm³/mol. The van der Waals surface area contributed by atoms with Crippen molar-refractivity contribution in [3.63, 3.8) is 0 Å². The van der Waals surface area contributed by atoms with E-state index in [-0.39, 0.29) is 4.90 Å². The van der Waals surface area contributed by atoms with Gasteiger partial charge in [-0.15, -0.1) is 0 Å². The molecule has 3 aromatic carbocycles. The van der Waals surface area contributed by atoms with Crippen molar-refractivity contribution in [1.29, 1.82) is 0 Å². The highest BCUT2D eigenvalue weighted by atomic mass is 35.5. The maximum absolute atomic E-state index is 12.8. The fourth-order valence-corrected chi connectivity index (χ4v) is 4.09. The second kappa shape index (κ2) is 9.20. The van der Waals surface area contributed by atoms with Gasteiger partial charge in [0.1, 0.15) is 0 Å². The van der Waals surface area contributed by atoms with E-state index in [4.69, 9.17) is 11.6 Å². The zero-order valence-corrected chi connectivity index (χ0v) is 18.3. The minimum atomic E-state index is -3.78. The summed E-state index contributed by atoms with van der Waals surface area (Å²) >= 11 is 5.83. The molecule has 160 valence electrons. The minimum Gasteiger partial charge on any atom is -0.465 e. The van der Waals surface area contributed by atoms with Crippen LogP contribution >= 0.6 is 11.6 Å². The lowest BCUT2D eigenvalue weighted by molar-refractivity contribution is 0.0600. The number of amides is 1. The van der Waals surface area contributed by atoms with Gasteiger partial charge < -0.3 is 10.1 Å². The highest BCUT2D eigenvalue weighted by Crippen LogP contribution is 2.24. The highest BCUT2D eigenvalue weighted by molar-refractivity contribution is 7.92. The smallest absolute Gasteiger partial charge is 0.337 e. The van der Waals surface area contributed by atoms with Gasteiger partial charge in [0.2, 0.25) is 0 Å². The van der Waals surface area contributed by atoms with Crippen LogP contribution in [0.5, 0.6) is 0 Å². The molecule has 0 unspecified atom stereocenters. The summed E-state index contributed by atoms with van der Waals surface area (Å²) in [7, 11) is -1.07. The lowest BCUT2D eigenvalue weighted by Crippen LogP contribution is -2.26. The Morgan fingerprint density at radius 3 is 2.19 bits per heavy atom. The molecule has 9 heteroatoms. The van der Waals surface area contributed by atoms with E-state index >= 15 is 0 Å². The van der Waals surface area contributed by atoms with Gasteiger partial charge in [-0.3, -0.25) is 9.10 Å². The van der Waals surface area contributed by atoms with Crippen LogP contribution in [-0.2, 0) is 14.8 Å². The van der Waals surface area contributed by atoms with Gasteiger partial charge in [0.25, 0.3) is 15.9 Å². The van der Waals surface area contributed by atoms with Crippen molar-refractivity contribution in [2.75, 3.05) is 23.8 Å². The van der Waals surface area contributed by atoms with Crippen LogP contribution in [0.1, 0.15) is 20.7 Å². The number of carbonyl (C=O) groups excluding carboxylic acids is 2. The van der Waals surface area contributed by atoms with E-state index in [0.29, 0.717) is 27.5 Å². The number of methoxy groups -OCH3 is 1. The fraction of sp³-hybridized carbons (Fsp3) is 0.0909. The SMILES string of the molecule is COC(=O)c1cccc(NC(=O)c2ccc(N(C)S(=O)(=O)c3ccc(Cl)cc3)cc2)c1. The van der Waals surface area contributed by atoms with E-state index < -0.39 is 21.9 Å². The van der Waals surface area contributed by atoms with Gasteiger partial charge in [-0.2, -0.15) is 0 Å². The molecule has 0 heterocycles. The monoisotopic (exact) mass is 458 g/mol. The maximum atomic E-state index is 12.8.